The molecule has 1 amide bonds. The van der Waals surface area contributed by atoms with E-state index in [1.807, 2.05) is 42.5 Å². The lowest BCUT2D eigenvalue weighted by molar-refractivity contribution is -0.123. The van der Waals surface area contributed by atoms with Crippen molar-refractivity contribution in [3.8, 4) is 0 Å². The fourth-order valence-electron chi connectivity index (χ4n) is 2.88. The normalized spacial score (nSPS) is 13.1. The Hall–Kier alpha value is -3.15. The summed E-state index contributed by atoms with van der Waals surface area (Å²) in [5, 5.41) is 10.3. The van der Waals surface area contributed by atoms with Crippen LogP contribution < -0.4 is 5.32 Å². The number of benzene rings is 2. The molecule has 3 aromatic rings. The molecule has 0 spiro atoms. The van der Waals surface area contributed by atoms with Gasteiger partial charge in [-0.1, -0.05) is 50.2 Å². The third-order valence-electron chi connectivity index (χ3n) is 4.68. The minimum absolute atomic E-state index is 0.172. The van der Waals surface area contributed by atoms with E-state index in [9.17, 15) is 9.59 Å². The van der Waals surface area contributed by atoms with Crippen molar-refractivity contribution in [1.29, 1.82) is 0 Å². The molecule has 6 heteroatoms. The number of nitrogens with one attached hydrogen (secondary N) is 2. The van der Waals surface area contributed by atoms with E-state index >= 15 is 0 Å². The highest BCUT2D eigenvalue weighted by Crippen LogP contribution is 2.26. The Morgan fingerprint density at radius 3 is 2.59 bits per heavy atom. The predicted molar refractivity (Wildman–Crippen MR) is 105 cm³/mol. The van der Waals surface area contributed by atoms with Gasteiger partial charge in [-0.05, 0) is 37.0 Å². The molecule has 0 saturated carbocycles. The summed E-state index contributed by atoms with van der Waals surface area (Å²) in [6.07, 6.45) is 0.0156. The number of carbonyl (C=O) groups excluding carboxylic acids is 2. The van der Waals surface area contributed by atoms with E-state index in [-0.39, 0.29) is 11.6 Å². The van der Waals surface area contributed by atoms with Gasteiger partial charge in [0.2, 0.25) is 0 Å². The van der Waals surface area contributed by atoms with Gasteiger partial charge in [-0.25, -0.2) is 4.79 Å². The third-order valence-corrected chi connectivity index (χ3v) is 4.68. The van der Waals surface area contributed by atoms with Crippen LogP contribution >= 0.6 is 0 Å². The molecule has 1 heterocycles. The second kappa shape index (κ2) is 8.03. The summed E-state index contributed by atoms with van der Waals surface area (Å²) in [5.41, 5.74) is 2.71. The number of nitrogens with zero attached hydrogens (tertiary/aromatic N) is 1. The highest BCUT2D eigenvalue weighted by atomic mass is 16.5. The first-order valence-corrected chi connectivity index (χ1v) is 9.05. The van der Waals surface area contributed by atoms with Crippen LogP contribution in [0.25, 0.3) is 10.9 Å². The van der Waals surface area contributed by atoms with Crippen LogP contribution in [-0.4, -0.2) is 28.2 Å². The Balaban J connectivity index is 1.70. The van der Waals surface area contributed by atoms with Crippen molar-refractivity contribution in [1.82, 2.24) is 10.2 Å². The van der Waals surface area contributed by atoms with Gasteiger partial charge in [0.15, 0.2) is 11.8 Å². The Labute approximate surface area is 157 Å². The molecule has 2 atom stereocenters. The molecule has 3 rings (SSSR count). The quantitative estimate of drug-likeness (QED) is 0.639. The maximum atomic E-state index is 12.5. The molecule has 140 valence electrons. The minimum Gasteiger partial charge on any atom is -0.448 e. The molecule has 0 aliphatic heterocycles. The summed E-state index contributed by atoms with van der Waals surface area (Å²) in [7, 11) is 0. The van der Waals surface area contributed by atoms with E-state index in [0.717, 1.165) is 23.2 Å². The zero-order valence-corrected chi connectivity index (χ0v) is 15.7. The maximum absolute atomic E-state index is 12.5. The van der Waals surface area contributed by atoms with Crippen molar-refractivity contribution in [2.24, 2.45) is 0 Å². The Bertz CT molecular complexity index is 964. The van der Waals surface area contributed by atoms with Crippen LogP contribution in [0, 0.1) is 0 Å². The number of aromatic amines is 1. The summed E-state index contributed by atoms with van der Waals surface area (Å²) in [4.78, 5) is 25.0. The molecular weight excluding hydrogens is 342 g/mol. The molecule has 2 N–H and O–H groups in total. The van der Waals surface area contributed by atoms with Gasteiger partial charge >= 0.3 is 5.97 Å². The number of anilines is 1. The van der Waals surface area contributed by atoms with Crippen molar-refractivity contribution < 1.29 is 14.3 Å². The average molecular weight is 365 g/mol. The first-order valence-electron chi connectivity index (χ1n) is 9.05. The Kier molecular flexibility index (Phi) is 5.54. The van der Waals surface area contributed by atoms with Crippen LogP contribution in [0.1, 0.15) is 49.2 Å². The number of aromatic nitrogens is 2. The van der Waals surface area contributed by atoms with E-state index in [0.29, 0.717) is 11.3 Å². The lowest BCUT2D eigenvalue weighted by Gasteiger charge is -2.18. The van der Waals surface area contributed by atoms with E-state index < -0.39 is 12.1 Å². The number of H-pyrrole nitrogens is 1. The first kappa shape index (κ1) is 18.6. The maximum Gasteiger partial charge on any atom is 0.360 e. The number of fused-ring (bicyclic) bond motifs is 1. The van der Waals surface area contributed by atoms with Crippen LogP contribution in [0.4, 0.5) is 5.69 Å². The van der Waals surface area contributed by atoms with Crippen molar-refractivity contribution in [3.63, 3.8) is 0 Å². The summed E-state index contributed by atoms with van der Waals surface area (Å²) < 4.78 is 5.33. The highest BCUT2D eigenvalue weighted by Gasteiger charge is 2.23. The lowest BCUT2D eigenvalue weighted by atomic mass is 9.97. The number of esters is 1. The van der Waals surface area contributed by atoms with Crippen LogP contribution in [0.5, 0.6) is 0 Å². The fraction of sp³-hybridized carbons (Fsp3) is 0.286. The number of hydrogen-bond donors (Lipinski definition) is 2. The number of hydrogen-bond acceptors (Lipinski definition) is 4. The smallest absolute Gasteiger partial charge is 0.360 e. The van der Waals surface area contributed by atoms with Crippen molar-refractivity contribution in [2.45, 2.75) is 39.2 Å². The van der Waals surface area contributed by atoms with Crippen LogP contribution in [0.15, 0.2) is 48.5 Å². The number of carbonyl (C=O) groups is 2. The van der Waals surface area contributed by atoms with Crippen LogP contribution in [0.2, 0.25) is 0 Å². The molecule has 0 radical (unpaired) electrons. The summed E-state index contributed by atoms with van der Waals surface area (Å²) in [6.45, 7) is 5.76. The molecular formula is C21H23N3O3. The van der Waals surface area contributed by atoms with E-state index in [2.05, 4.69) is 29.4 Å². The SMILES string of the molecule is CC[C@H](C)c1ccccc1NC(=O)[C@H](C)OC(=O)c1n[nH]c2ccccc12. The monoisotopic (exact) mass is 365 g/mol. The van der Waals surface area contributed by atoms with Gasteiger partial charge in [-0.2, -0.15) is 5.10 Å². The molecule has 27 heavy (non-hydrogen) atoms. The van der Waals surface area contributed by atoms with Gasteiger partial charge in [-0.15, -0.1) is 0 Å². The Morgan fingerprint density at radius 2 is 1.81 bits per heavy atom. The molecule has 0 aliphatic rings. The van der Waals surface area contributed by atoms with Gasteiger partial charge in [0.25, 0.3) is 5.91 Å². The Morgan fingerprint density at radius 1 is 1.11 bits per heavy atom. The summed E-state index contributed by atoms with van der Waals surface area (Å²) >= 11 is 0. The largest absolute Gasteiger partial charge is 0.448 e. The number of rotatable bonds is 6. The van der Waals surface area contributed by atoms with Crippen molar-refractivity contribution >= 4 is 28.5 Å². The second-order valence-electron chi connectivity index (χ2n) is 6.55. The van der Waals surface area contributed by atoms with Gasteiger partial charge in [0, 0.05) is 11.1 Å². The van der Waals surface area contributed by atoms with Gasteiger partial charge in [-0.3, -0.25) is 9.89 Å². The molecule has 0 saturated heterocycles. The van der Waals surface area contributed by atoms with Gasteiger partial charge in [0.05, 0.1) is 5.52 Å². The topological polar surface area (TPSA) is 84.1 Å². The zero-order chi connectivity index (χ0) is 19.4. The zero-order valence-electron chi connectivity index (χ0n) is 15.7. The van der Waals surface area contributed by atoms with Crippen LogP contribution in [-0.2, 0) is 9.53 Å². The lowest BCUT2D eigenvalue weighted by Crippen LogP contribution is -2.30. The molecule has 6 nitrogen and oxygen atoms in total. The summed E-state index contributed by atoms with van der Waals surface area (Å²) in [6, 6.07) is 14.9. The van der Waals surface area contributed by atoms with E-state index in [1.165, 1.54) is 0 Å². The van der Waals surface area contributed by atoms with Gasteiger partial charge in [0.1, 0.15) is 0 Å². The van der Waals surface area contributed by atoms with Crippen molar-refractivity contribution in [2.75, 3.05) is 5.32 Å². The number of amides is 1. The third kappa shape index (κ3) is 4.00. The number of ether oxygens (including phenoxy) is 1. The standard InChI is InChI=1S/C21H23N3O3/c1-4-13(2)15-9-5-7-11-17(15)22-20(25)14(3)27-21(26)19-16-10-6-8-12-18(16)23-24-19/h5-14H,4H2,1-3H3,(H,22,25)(H,23,24)/t13-,14-/m0/s1. The molecule has 0 fully saturated rings. The predicted octanol–water partition coefficient (Wildman–Crippen LogP) is 4.26. The van der Waals surface area contributed by atoms with Crippen molar-refractivity contribution in [3.05, 3.63) is 59.8 Å². The van der Waals surface area contributed by atoms with Gasteiger partial charge < -0.3 is 10.1 Å². The summed E-state index contributed by atoms with van der Waals surface area (Å²) in [5.74, 6) is -0.695. The van der Waals surface area contributed by atoms with Crippen LogP contribution in [0.3, 0.4) is 0 Å². The molecule has 2 aromatic carbocycles. The van der Waals surface area contributed by atoms with E-state index in [4.69, 9.17) is 4.74 Å². The highest BCUT2D eigenvalue weighted by molar-refractivity contribution is 6.03. The minimum atomic E-state index is -0.946. The fourth-order valence-corrected chi connectivity index (χ4v) is 2.88. The van der Waals surface area contributed by atoms with E-state index in [1.54, 1.807) is 13.0 Å². The molecule has 0 aliphatic carbocycles. The molecule has 1 aromatic heterocycles. The molecule has 0 bridgehead atoms. The first-order chi connectivity index (χ1) is 13.0. The number of para-hydroxylation sites is 2. The average Bonchev–Trinajstić information content (AvgIpc) is 3.12. The molecule has 0 unspecified atom stereocenters. The second-order valence-corrected chi connectivity index (χ2v) is 6.55.